The molecule has 7 heteroatoms. The number of amides is 1. The normalized spacial score (nSPS) is 15.1. The predicted molar refractivity (Wildman–Crippen MR) is 122 cm³/mol. The number of hydrogen-bond acceptors (Lipinski definition) is 5. The van der Waals surface area contributed by atoms with Crippen LogP contribution in [0.25, 0.3) is 16.7 Å². The summed E-state index contributed by atoms with van der Waals surface area (Å²) in [4.78, 5) is 15.9. The first-order chi connectivity index (χ1) is 14.3. The van der Waals surface area contributed by atoms with E-state index in [-0.39, 0.29) is 22.9 Å². The van der Waals surface area contributed by atoms with Crippen LogP contribution >= 0.6 is 10.6 Å². The monoisotopic (exact) mass is 424 g/mol. The van der Waals surface area contributed by atoms with Gasteiger partial charge in [0.15, 0.2) is 0 Å². The van der Waals surface area contributed by atoms with Crippen molar-refractivity contribution >= 4 is 27.1 Å². The van der Waals surface area contributed by atoms with E-state index >= 15 is 0 Å². The molecule has 0 radical (unpaired) electrons. The van der Waals surface area contributed by atoms with Crippen molar-refractivity contribution in [2.75, 3.05) is 6.54 Å². The Bertz CT molecular complexity index is 1040. The minimum atomic E-state index is -3.69. The van der Waals surface area contributed by atoms with Gasteiger partial charge in [0.05, 0.1) is 6.54 Å². The van der Waals surface area contributed by atoms with E-state index in [0.29, 0.717) is 5.57 Å². The minimum Gasteiger partial charge on any atom is -0.289 e. The molecule has 0 aliphatic carbocycles. The van der Waals surface area contributed by atoms with Gasteiger partial charge in [-0.15, -0.1) is 10.6 Å². The third-order valence-corrected chi connectivity index (χ3v) is 6.49. The van der Waals surface area contributed by atoms with Gasteiger partial charge in [-0.2, -0.15) is 0 Å². The fourth-order valence-corrected chi connectivity index (χ4v) is 4.68. The number of carbonyl (C=O) groups is 1. The number of dihydropyridines is 1. The smallest absolute Gasteiger partial charge is 0.289 e. The van der Waals surface area contributed by atoms with E-state index in [1.54, 1.807) is 6.92 Å². The fraction of sp³-hybridized carbons (Fsp3) is 0.130. The molecule has 1 aliphatic heterocycles. The molecule has 1 heterocycles. The quantitative estimate of drug-likeness (QED) is 0.228. The van der Waals surface area contributed by atoms with Crippen LogP contribution in [0.3, 0.4) is 0 Å². The zero-order valence-corrected chi connectivity index (χ0v) is 17.4. The molecular weight excluding hydrogens is 400 g/mol. The first-order valence-electron chi connectivity index (χ1n) is 9.31. The molecule has 0 saturated carbocycles. The topological polar surface area (TPSA) is 102 Å². The SMILES string of the molecule is C=C(C)C=C(C(=O)NO)S(O)(O)C1=NCC=C(c2ccc(-c3ccccc3)cc2)C1. The molecule has 4 N–H and O–H groups in total. The van der Waals surface area contributed by atoms with E-state index in [9.17, 15) is 13.9 Å². The third-order valence-electron chi connectivity index (χ3n) is 4.65. The average Bonchev–Trinajstić information content (AvgIpc) is 2.77. The molecule has 30 heavy (non-hydrogen) atoms. The maximum atomic E-state index is 12.0. The van der Waals surface area contributed by atoms with Crippen LogP contribution in [0.1, 0.15) is 18.9 Å². The molecule has 1 aliphatic rings. The number of nitrogens with zero attached hydrogens (tertiary/aromatic N) is 1. The Morgan fingerprint density at radius 3 is 2.27 bits per heavy atom. The van der Waals surface area contributed by atoms with E-state index < -0.39 is 16.5 Å². The van der Waals surface area contributed by atoms with E-state index in [2.05, 4.69) is 11.6 Å². The van der Waals surface area contributed by atoms with Crippen molar-refractivity contribution in [3.8, 4) is 11.1 Å². The second-order valence-corrected chi connectivity index (χ2v) is 8.94. The highest BCUT2D eigenvalue weighted by atomic mass is 32.3. The highest BCUT2D eigenvalue weighted by molar-refractivity contribution is 8.40. The van der Waals surface area contributed by atoms with Crippen molar-refractivity contribution in [3.05, 3.63) is 89.4 Å². The van der Waals surface area contributed by atoms with Crippen molar-refractivity contribution in [2.45, 2.75) is 13.3 Å². The van der Waals surface area contributed by atoms with E-state index in [1.165, 1.54) is 11.6 Å². The van der Waals surface area contributed by atoms with E-state index in [0.717, 1.165) is 22.3 Å². The molecule has 0 aromatic heterocycles. The first kappa shape index (κ1) is 21.7. The van der Waals surface area contributed by atoms with Gasteiger partial charge in [-0.25, -0.2) is 5.48 Å². The van der Waals surface area contributed by atoms with Gasteiger partial charge in [0.2, 0.25) is 0 Å². The number of allylic oxidation sites excluding steroid dienone is 3. The number of hydroxylamine groups is 1. The lowest BCUT2D eigenvalue weighted by molar-refractivity contribution is -0.124. The zero-order chi connectivity index (χ0) is 21.7. The summed E-state index contributed by atoms with van der Waals surface area (Å²) in [6, 6.07) is 18.0. The van der Waals surface area contributed by atoms with Gasteiger partial charge in [-0.3, -0.25) is 24.1 Å². The second kappa shape index (κ2) is 9.23. The van der Waals surface area contributed by atoms with Crippen molar-refractivity contribution in [1.29, 1.82) is 0 Å². The van der Waals surface area contributed by atoms with Crippen molar-refractivity contribution in [3.63, 3.8) is 0 Å². The minimum absolute atomic E-state index is 0.100. The summed E-state index contributed by atoms with van der Waals surface area (Å²) in [5, 5.41) is 9.10. The fourth-order valence-electron chi connectivity index (χ4n) is 3.15. The highest BCUT2D eigenvalue weighted by Gasteiger charge is 2.32. The predicted octanol–water partition coefficient (Wildman–Crippen LogP) is 5.26. The van der Waals surface area contributed by atoms with Gasteiger partial charge in [0.25, 0.3) is 5.91 Å². The molecule has 0 fully saturated rings. The molecule has 3 rings (SSSR count). The van der Waals surface area contributed by atoms with Crippen LogP contribution in [0.4, 0.5) is 0 Å². The molecule has 2 aromatic rings. The standard InChI is InChI=1S/C23H24N2O4S/c1-16(2)14-21(23(26)25-27)30(28,29)22-15-20(12-13-24-22)19-10-8-18(9-11-19)17-6-4-3-5-7-17/h3-12,14,27-29H,1,13,15H2,2H3,(H,25,26). The molecule has 1 amide bonds. The average molecular weight is 425 g/mol. The Morgan fingerprint density at radius 1 is 1.07 bits per heavy atom. The summed E-state index contributed by atoms with van der Waals surface area (Å²) in [6.45, 7) is 5.55. The van der Waals surface area contributed by atoms with Crippen molar-refractivity contribution in [1.82, 2.24) is 5.48 Å². The Labute approximate surface area is 177 Å². The maximum absolute atomic E-state index is 12.0. The molecule has 6 nitrogen and oxygen atoms in total. The number of carbonyl (C=O) groups excluding carboxylic acids is 1. The number of hydrogen-bond donors (Lipinski definition) is 4. The van der Waals surface area contributed by atoms with Crippen molar-refractivity contribution in [2.24, 2.45) is 4.99 Å². The van der Waals surface area contributed by atoms with Crippen LogP contribution in [-0.4, -0.2) is 31.8 Å². The maximum Gasteiger partial charge on any atom is 0.291 e. The largest absolute Gasteiger partial charge is 0.291 e. The lowest BCUT2D eigenvalue weighted by Gasteiger charge is -2.36. The van der Waals surface area contributed by atoms with Crippen LogP contribution in [0.5, 0.6) is 0 Å². The Balaban J connectivity index is 1.84. The summed E-state index contributed by atoms with van der Waals surface area (Å²) in [7, 11) is -3.69. The van der Waals surface area contributed by atoms with Crippen LogP contribution in [0, 0.1) is 0 Å². The van der Waals surface area contributed by atoms with Gasteiger partial charge >= 0.3 is 0 Å². The van der Waals surface area contributed by atoms with Gasteiger partial charge in [0.1, 0.15) is 9.95 Å². The molecule has 156 valence electrons. The van der Waals surface area contributed by atoms with Gasteiger partial charge in [0, 0.05) is 6.42 Å². The van der Waals surface area contributed by atoms with E-state index in [4.69, 9.17) is 5.21 Å². The summed E-state index contributed by atoms with van der Waals surface area (Å²) in [5.41, 5.74) is 5.93. The van der Waals surface area contributed by atoms with Crippen LogP contribution in [0.2, 0.25) is 0 Å². The van der Waals surface area contributed by atoms with E-state index in [1.807, 2.05) is 60.7 Å². The number of rotatable bonds is 5. The highest BCUT2D eigenvalue weighted by Crippen LogP contribution is 2.52. The van der Waals surface area contributed by atoms with Gasteiger partial charge < -0.3 is 0 Å². The molecular formula is C23H24N2O4S. The van der Waals surface area contributed by atoms with Gasteiger partial charge in [-0.1, -0.05) is 72.8 Å². The molecule has 2 aromatic carbocycles. The molecule has 0 unspecified atom stereocenters. The number of aliphatic imine (C=N–C) groups is 1. The van der Waals surface area contributed by atoms with Crippen LogP contribution in [0.15, 0.2) is 88.8 Å². The summed E-state index contributed by atoms with van der Waals surface area (Å²) < 4.78 is 21.6. The zero-order valence-electron chi connectivity index (χ0n) is 16.6. The first-order valence-corrected chi connectivity index (χ1v) is 10.9. The molecule has 0 atom stereocenters. The Kier molecular flexibility index (Phi) is 6.69. The lowest BCUT2D eigenvalue weighted by atomic mass is 9.98. The Hall–Kier alpha value is -2.97. The third kappa shape index (κ3) is 4.77. The second-order valence-electron chi connectivity index (χ2n) is 6.93. The van der Waals surface area contributed by atoms with Crippen LogP contribution < -0.4 is 5.48 Å². The lowest BCUT2D eigenvalue weighted by Crippen LogP contribution is -2.28. The number of nitrogens with one attached hydrogen (secondary N) is 1. The van der Waals surface area contributed by atoms with Crippen LogP contribution in [-0.2, 0) is 4.79 Å². The molecule has 0 spiro atoms. The Morgan fingerprint density at radius 2 is 1.67 bits per heavy atom. The van der Waals surface area contributed by atoms with Crippen molar-refractivity contribution < 1.29 is 19.1 Å². The van der Waals surface area contributed by atoms with Gasteiger partial charge in [-0.05, 0) is 35.3 Å². The summed E-state index contributed by atoms with van der Waals surface area (Å²) >= 11 is 0. The number of benzene rings is 2. The summed E-state index contributed by atoms with van der Waals surface area (Å²) in [6.07, 6.45) is 3.35. The molecule has 0 saturated heterocycles. The molecule has 0 bridgehead atoms. The summed E-state index contributed by atoms with van der Waals surface area (Å²) in [5.74, 6) is -0.996.